The van der Waals surface area contributed by atoms with Crippen LogP contribution in [0, 0.1) is 31.1 Å². The molecule has 0 aromatic heterocycles. The summed E-state index contributed by atoms with van der Waals surface area (Å²) in [4.78, 5) is 0. The van der Waals surface area contributed by atoms with E-state index in [4.69, 9.17) is 6.42 Å². The van der Waals surface area contributed by atoms with Gasteiger partial charge in [0.1, 0.15) is 0 Å². The Morgan fingerprint density at radius 1 is 1.45 bits per heavy atom. The first kappa shape index (κ1) is 10.6. The fourth-order valence-electron chi connectivity index (χ4n) is 1.36. The van der Waals surface area contributed by atoms with Crippen LogP contribution in [-0.2, 0) is 0 Å². The molecule has 0 bridgehead atoms. The summed E-state index contributed by atoms with van der Waals surface area (Å²) in [5.41, 5.74) is 0. The van der Waals surface area contributed by atoms with Crippen molar-refractivity contribution in [3.05, 3.63) is 6.92 Å². The third-order valence-electron chi connectivity index (χ3n) is 1.82. The minimum Gasteiger partial charge on any atom is -0.120 e. The highest BCUT2D eigenvalue weighted by molar-refractivity contribution is 4.83. The topological polar surface area (TPSA) is 0 Å². The highest BCUT2D eigenvalue weighted by Crippen LogP contribution is 2.16. The van der Waals surface area contributed by atoms with Crippen LogP contribution in [0.2, 0.25) is 0 Å². The number of hydrogen-bond acceptors (Lipinski definition) is 0. The molecule has 63 valence electrons. The van der Waals surface area contributed by atoms with Crippen molar-refractivity contribution >= 4 is 0 Å². The maximum atomic E-state index is 5.15. The molecule has 2 atom stereocenters. The van der Waals surface area contributed by atoms with Crippen molar-refractivity contribution in [3.63, 3.8) is 0 Å². The minimum atomic E-state index is 0.579. The molecule has 0 aromatic carbocycles. The van der Waals surface area contributed by atoms with Crippen molar-refractivity contribution in [1.82, 2.24) is 0 Å². The van der Waals surface area contributed by atoms with E-state index in [9.17, 15) is 0 Å². The Hall–Kier alpha value is -0.440. The predicted molar refractivity (Wildman–Crippen MR) is 51.0 cm³/mol. The standard InChI is InChI=1S/C11H19/c1-5-6-7-8-11(4)9-10(2)3/h1,10-11H,2,6-9H2,3-4H3. The molecule has 0 N–H and O–H groups in total. The van der Waals surface area contributed by atoms with Crippen molar-refractivity contribution in [2.24, 2.45) is 11.8 Å². The van der Waals surface area contributed by atoms with Gasteiger partial charge in [-0.05, 0) is 31.1 Å². The lowest BCUT2D eigenvalue weighted by molar-refractivity contribution is 0.428. The van der Waals surface area contributed by atoms with Gasteiger partial charge in [-0.1, -0.05) is 20.8 Å². The van der Waals surface area contributed by atoms with Gasteiger partial charge in [-0.25, -0.2) is 0 Å². The van der Waals surface area contributed by atoms with Gasteiger partial charge >= 0.3 is 0 Å². The van der Waals surface area contributed by atoms with Crippen molar-refractivity contribution in [2.75, 3.05) is 0 Å². The van der Waals surface area contributed by atoms with Gasteiger partial charge in [0, 0.05) is 6.42 Å². The highest BCUT2D eigenvalue weighted by atomic mass is 14.1. The van der Waals surface area contributed by atoms with E-state index in [-0.39, 0.29) is 0 Å². The second-order valence-corrected chi connectivity index (χ2v) is 3.54. The summed E-state index contributed by atoms with van der Waals surface area (Å²) in [5, 5.41) is 0. The van der Waals surface area contributed by atoms with Gasteiger partial charge in [-0.15, -0.1) is 12.3 Å². The fraction of sp³-hybridized carbons (Fsp3) is 0.727. The molecule has 0 heteroatoms. The van der Waals surface area contributed by atoms with Crippen molar-refractivity contribution < 1.29 is 0 Å². The summed E-state index contributed by atoms with van der Waals surface area (Å²) in [6.45, 7) is 8.41. The second-order valence-electron chi connectivity index (χ2n) is 3.54. The molecule has 0 amide bonds. The average molecular weight is 151 g/mol. The van der Waals surface area contributed by atoms with E-state index in [2.05, 4.69) is 26.7 Å². The molecule has 0 aromatic rings. The molecule has 0 heterocycles. The summed E-state index contributed by atoms with van der Waals surface area (Å²) >= 11 is 0. The van der Waals surface area contributed by atoms with Crippen molar-refractivity contribution in [2.45, 2.75) is 39.5 Å². The zero-order valence-electron chi connectivity index (χ0n) is 7.77. The Labute approximate surface area is 71.4 Å². The molecule has 0 saturated heterocycles. The maximum absolute atomic E-state index is 5.15. The lowest BCUT2D eigenvalue weighted by Crippen LogP contribution is -1.99. The zero-order valence-corrected chi connectivity index (χ0v) is 7.77. The maximum Gasteiger partial charge on any atom is 0.00861 e. The molecule has 2 unspecified atom stereocenters. The Morgan fingerprint density at radius 3 is 2.55 bits per heavy atom. The fourth-order valence-corrected chi connectivity index (χ4v) is 1.36. The third kappa shape index (κ3) is 7.46. The molecule has 0 rings (SSSR count). The Morgan fingerprint density at radius 2 is 2.09 bits per heavy atom. The summed E-state index contributed by atoms with van der Waals surface area (Å²) in [6.07, 6.45) is 9.73. The molecule has 0 aliphatic rings. The highest BCUT2D eigenvalue weighted by Gasteiger charge is 2.03. The first-order chi connectivity index (χ1) is 5.16. The van der Waals surface area contributed by atoms with E-state index in [0.717, 1.165) is 12.3 Å². The summed E-state index contributed by atoms with van der Waals surface area (Å²) < 4.78 is 0. The van der Waals surface area contributed by atoms with Gasteiger partial charge in [0.25, 0.3) is 0 Å². The van der Waals surface area contributed by atoms with Crippen LogP contribution in [0.3, 0.4) is 0 Å². The first-order valence-electron chi connectivity index (χ1n) is 4.43. The lowest BCUT2D eigenvalue weighted by atomic mass is 9.94. The predicted octanol–water partition coefficient (Wildman–Crippen LogP) is 3.29. The van der Waals surface area contributed by atoms with Gasteiger partial charge in [0.15, 0.2) is 0 Å². The van der Waals surface area contributed by atoms with Gasteiger partial charge < -0.3 is 0 Å². The summed E-state index contributed by atoms with van der Waals surface area (Å²) in [7, 11) is 0. The molecule has 0 saturated carbocycles. The van der Waals surface area contributed by atoms with Crippen LogP contribution < -0.4 is 0 Å². The van der Waals surface area contributed by atoms with Crippen LogP contribution in [0.15, 0.2) is 0 Å². The largest absolute Gasteiger partial charge is 0.120 e. The van der Waals surface area contributed by atoms with Crippen LogP contribution in [0.5, 0.6) is 0 Å². The summed E-state index contributed by atoms with van der Waals surface area (Å²) in [5.74, 6) is 4.03. The SMILES string of the molecule is C#CCCCC(C)CC([CH2])C. The quantitative estimate of drug-likeness (QED) is 0.418. The van der Waals surface area contributed by atoms with E-state index in [1.54, 1.807) is 0 Å². The van der Waals surface area contributed by atoms with E-state index >= 15 is 0 Å². The second kappa shape index (κ2) is 6.28. The van der Waals surface area contributed by atoms with Crippen LogP contribution in [0.25, 0.3) is 0 Å². The number of hydrogen-bond donors (Lipinski definition) is 0. The first-order valence-corrected chi connectivity index (χ1v) is 4.43. The van der Waals surface area contributed by atoms with E-state index in [1.165, 1.54) is 19.3 Å². The molecular formula is C11H19. The van der Waals surface area contributed by atoms with Crippen LogP contribution >= 0.6 is 0 Å². The summed E-state index contributed by atoms with van der Waals surface area (Å²) in [6, 6.07) is 0. The molecule has 0 aliphatic carbocycles. The van der Waals surface area contributed by atoms with Crippen molar-refractivity contribution in [3.8, 4) is 12.3 Å². The lowest BCUT2D eigenvalue weighted by Gasteiger charge is -2.12. The Kier molecular flexibility index (Phi) is 6.03. The van der Waals surface area contributed by atoms with Gasteiger partial charge in [-0.2, -0.15) is 0 Å². The number of unbranched alkanes of at least 4 members (excludes halogenated alkanes) is 1. The van der Waals surface area contributed by atoms with Crippen LogP contribution in [0.1, 0.15) is 39.5 Å². The molecular weight excluding hydrogens is 132 g/mol. The van der Waals surface area contributed by atoms with Crippen molar-refractivity contribution in [1.29, 1.82) is 0 Å². The van der Waals surface area contributed by atoms with E-state index in [1.807, 2.05) is 0 Å². The van der Waals surface area contributed by atoms with E-state index in [0.29, 0.717) is 5.92 Å². The van der Waals surface area contributed by atoms with Crippen LogP contribution in [0.4, 0.5) is 0 Å². The molecule has 0 nitrogen and oxygen atoms in total. The molecule has 1 radical (unpaired) electrons. The average Bonchev–Trinajstić information content (AvgIpc) is 1.86. The van der Waals surface area contributed by atoms with Gasteiger partial charge in [0.2, 0.25) is 0 Å². The number of terminal acetylenes is 1. The molecule has 11 heavy (non-hydrogen) atoms. The number of rotatable bonds is 5. The van der Waals surface area contributed by atoms with E-state index < -0.39 is 0 Å². The Bertz CT molecular complexity index is 116. The molecule has 0 spiro atoms. The molecule has 0 fully saturated rings. The zero-order chi connectivity index (χ0) is 8.69. The normalized spacial score (nSPS) is 13.0. The monoisotopic (exact) mass is 151 g/mol. The smallest absolute Gasteiger partial charge is 0.00861 e. The third-order valence-corrected chi connectivity index (χ3v) is 1.82. The Balaban J connectivity index is 3.24. The molecule has 0 aliphatic heterocycles. The van der Waals surface area contributed by atoms with Crippen LogP contribution in [-0.4, -0.2) is 0 Å². The van der Waals surface area contributed by atoms with Gasteiger partial charge in [-0.3, -0.25) is 0 Å². The van der Waals surface area contributed by atoms with Gasteiger partial charge in [0.05, 0.1) is 0 Å². The minimum absolute atomic E-state index is 0.579.